The second-order valence-electron chi connectivity index (χ2n) is 7.72. The van der Waals surface area contributed by atoms with E-state index < -0.39 is 13.2 Å². The predicted octanol–water partition coefficient (Wildman–Crippen LogP) is 0.674. The molecule has 3 aromatic carbocycles. The Morgan fingerprint density at radius 1 is 0.879 bits per heavy atom. The van der Waals surface area contributed by atoms with Gasteiger partial charge in [-0.25, -0.2) is 4.79 Å². The van der Waals surface area contributed by atoms with Crippen molar-refractivity contribution in [2.75, 3.05) is 12.1 Å². The molecule has 1 saturated heterocycles. The van der Waals surface area contributed by atoms with Crippen LogP contribution in [0.5, 0.6) is 0 Å². The Balaban J connectivity index is 0.00000259. The fourth-order valence-corrected chi connectivity index (χ4v) is 9.09. The third-order valence-corrected chi connectivity index (χ3v) is 11.1. The van der Waals surface area contributed by atoms with Gasteiger partial charge in [0.05, 0.1) is 11.8 Å². The number of benzene rings is 3. The maximum Gasteiger partial charge on any atom is 0.357 e. The van der Waals surface area contributed by atoms with E-state index in [1.54, 1.807) is 16.7 Å². The van der Waals surface area contributed by atoms with E-state index in [4.69, 9.17) is 4.74 Å². The monoisotopic (exact) mass is 587 g/mol. The molecule has 0 radical (unpaired) electrons. The van der Waals surface area contributed by atoms with Crippen molar-refractivity contribution in [3.63, 3.8) is 0 Å². The number of halogens is 1. The van der Waals surface area contributed by atoms with Gasteiger partial charge in [-0.3, -0.25) is 9.69 Å². The number of hydrogen-bond acceptors (Lipinski definition) is 4. The Bertz CT molecular complexity index is 1060. The molecule has 0 spiro atoms. The fraction of sp³-hybridized carbons (Fsp3) is 0.154. The van der Waals surface area contributed by atoms with Gasteiger partial charge >= 0.3 is 5.97 Å². The van der Waals surface area contributed by atoms with Crippen molar-refractivity contribution >= 4 is 46.8 Å². The summed E-state index contributed by atoms with van der Waals surface area (Å²) >= 11 is 1.68. The minimum Gasteiger partial charge on any atom is -1.00 e. The highest BCUT2D eigenvalue weighted by atomic mass is 127. The van der Waals surface area contributed by atoms with Crippen molar-refractivity contribution in [1.82, 2.24) is 4.90 Å². The molecule has 1 amide bonds. The van der Waals surface area contributed by atoms with Crippen LogP contribution in [0.4, 0.5) is 0 Å². The van der Waals surface area contributed by atoms with Crippen LogP contribution in [0.15, 0.2) is 103 Å². The SMILES string of the molecule is O=C(OC[P+](c1ccccc1)(c1ccccc1)c1ccccc1)C1=CCS[C@@H]2CC(=O)N12.[I-]. The van der Waals surface area contributed by atoms with Gasteiger partial charge in [-0.05, 0) is 42.5 Å². The van der Waals surface area contributed by atoms with E-state index in [1.807, 2.05) is 60.7 Å². The molecule has 0 N–H and O–H groups in total. The Hall–Kier alpha value is -2.15. The van der Waals surface area contributed by atoms with Crippen molar-refractivity contribution in [3.8, 4) is 0 Å². The van der Waals surface area contributed by atoms with Gasteiger partial charge in [0, 0.05) is 5.75 Å². The van der Waals surface area contributed by atoms with Crippen LogP contribution in [0.3, 0.4) is 0 Å². The number of carbonyl (C=O) groups is 2. The quantitative estimate of drug-likeness (QED) is 0.184. The number of carbonyl (C=O) groups excluding carboxylic acids is 2. The molecule has 2 aliphatic rings. The van der Waals surface area contributed by atoms with Crippen LogP contribution in [0.25, 0.3) is 0 Å². The topological polar surface area (TPSA) is 46.6 Å². The minimum atomic E-state index is -2.27. The number of thioether (sulfide) groups is 1. The lowest BCUT2D eigenvalue weighted by molar-refractivity contribution is -0.148. The zero-order valence-electron chi connectivity index (χ0n) is 17.8. The zero-order chi connectivity index (χ0) is 22.0. The highest BCUT2D eigenvalue weighted by molar-refractivity contribution is 8.00. The number of ether oxygens (including phenoxy) is 1. The minimum absolute atomic E-state index is 0. The highest BCUT2D eigenvalue weighted by Crippen LogP contribution is 2.55. The average molecular weight is 587 g/mol. The highest BCUT2D eigenvalue weighted by Gasteiger charge is 2.48. The number of nitrogens with zero attached hydrogens (tertiary/aromatic N) is 1. The van der Waals surface area contributed by atoms with E-state index in [-0.39, 0.29) is 41.6 Å². The molecule has 1 fully saturated rings. The van der Waals surface area contributed by atoms with Crippen LogP contribution >= 0.6 is 19.0 Å². The largest absolute Gasteiger partial charge is 1.00 e. The second-order valence-corrected chi connectivity index (χ2v) is 12.4. The summed E-state index contributed by atoms with van der Waals surface area (Å²) in [7, 11) is -2.27. The summed E-state index contributed by atoms with van der Waals surface area (Å²) in [5.74, 6) is 0.283. The normalized spacial score (nSPS) is 17.2. The molecule has 2 heterocycles. The van der Waals surface area contributed by atoms with E-state index in [0.29, 0.717) is 12.1 Å². The maximum atomic E-state index is 13.2. The molecule has 1 atom stereocenters. The molecule has 0 bridgehead atoms. The number of hydrogen-bond donors (Lipinski definition) is 0. The van der Waals surface area contributed by atoms with Crippen LogP contribution in [0.2, 0.25) is 0 Å². The van der Waals surface area contributed by atoms with Crippen molar-refractivity contribution in [3.05, 3.63) is 103 Å². The second kappa shape index (κ2) is 10.4. The maximum absolute atomic E-state index is 13.2. The van der Waals surface area contributed by atoms with E-state index in [9.17, 15) is 9.59 Å². The van der Waals surface area contributed by atoms with Crippen LogP contribution in [0.1, 0.15) is 6.42 Å². The van der Waals surface area contributed by atoms with Gasteiger partial charge in [-0.15, -0.1) is 11.8 Å². The van der Waals surface area contributed by atoms with Crippen molar-refractivity contribution < 1.29 is 38.3 Å². The smallest absolute Gasteiger partial charge is 0.357 e. The molecule has 7 heteroatoms. The Kier molecular flexibility index (Phi) is 7.57. The summed E-state index contributed by atoms with van der Waals surface area (Å²) in [6.07, 6.45) is 2.54. The molecule has 3 aromatic rings. The first-order valence-electron chi connectivity index (χ1n) is 10.6. The summed E-state index contributed by atoms with van der Waals surface area (Å²) in [4.78, 5) is 26.9. The number of β-lactam (4-membered cyclic amide) rings is 1. The molecule has 0 aromatic heterocycles. The molecule has 0 unspecified atom stereocenters. The molecule has 168 valence electrons. The number of esters is 1. The molecular weight excluding hydrogens is 564 g/mol. The van der Waals surface area contributed by atoms with Crippen molar-refractivity contribution in [1.29, 1.82) is 0 Å². The van der Waals surface area contributed by atoms with Gasteiger partial charge in [-0.1, -0.05) is 54.6 Å². The number of fused-ring (bicyclic) bond motifs is 1. The standard InChI is InChI=1S/C26H23NO3PS.HI/c28-24-18-25-27(24)23(16-17-32-25)26(29)30-19-31(20-10-4-1-5-11-20,21-12-6-2-7-13-21)22-14-8-3-9-15-22;/h1-16,25H,17-19H2;1H/q+1;/p-1/t25-;/m1./s1. The zero-order valence-corrected chi connectivity index (χ0v) is 21.7. The molecule has 5 rings (SSSR count). The fourth-order valence-electron chi connectivity index (χ4n) is 4.28. The van der Waals surface area contributed by atoms with Gasteiger partial charge in [0.25, 0.3) is 0 Å². The Morgan fingerprint density at radius 3 is 1.82 bits per heavy atom. The number of amides is 1. The molecular formula is C26H23INO3PS. The molecule has 0 aliphatic carbocycles. The van der Waals surface area contributed by atoms with Crippen LogP contribution in [-0.4, -0.2) is 34.3 Å². The summed E-state index contributed by atoms with van der Waals surface area (Å²) in [5, 5.41) is 3.51. The average Bonchev–Trinajstić information content (AvgIpc) is 2.85. The van der Waals surface area contributed by atoms with Gasteiger partial charge in [0.2, 0.25) is 12.3 Å². The van der Waals surface area contributed by atoms with Crippen LogP contribution in [-0.2, 0) is 14.3 Å². The lowest BCUT2D eigenvalue weighted by Gasteiger charge is -2.42. The summed E-state index contributed by atoms with van der Waals surface area (Å²) in [6.45, 7) is 0. The molecule has 4 nitrogen and oxygen atoms in total. The lowest BCUT2D eigenvalue weighted by Crippen LogP contribution is -3.00. The molecule has 2 aliphatic heterocycles. The van der Waals surface area contributed by atoms with Crippen LogP contribution in [0, 0.1) is 0 Å². The third kappa shape index (κ3) is 4.48. The van der Waals surface area contributed by atoms with Crippen molar-refractivity contribution in [2.45, 2.75) is 11.8 Å². The first-order valence-corrected chi connectivity index (χ1v) is 13.6. The summed E-state index contributed by atoms with van der Waals surface area (Å²) < 4.78 is 6.05. The lowest BCUT2D eigenvalue weighted by atomic mass is 10.1. The first kappa shape index (κ1) is 24.0. The van der Waals surface area contributed by atoms with Gasteiger partial charge in [0.1, 0.15) is 21.6 Å². The van der Waals surface area contributed by atoms with E-state index in [2.05, 4.69) is 36.4 Å². The van der Waals surface area contributed by atoms with Gasteiger partial charge in [-0.2, -0.15) is 0 Å². The van der Waals surface area contributed by atoms with E-state index in [0.717, 1.165) is 21.7 Å². The Labute approximate surface area is 215 Å². The predicted molar refractivity (Wildman–Crippen MR) is 132 cm³/mol. The van der Waals surface area contributed by atoms with E-state index >= 15 is 0 Å². The third-order valence-electron chi connectivity index (χ3n) is 5.92. The first-order chi connectivity index (χ1) is 15.7. The summed E-state index contributed by atoms with van der Waals surface area (Å²) in [6, 6.07) is 30.9. The number of rotatable bonds is 6. The van der Waals surface area contributed by atoms with Crippen LogP contribution < -0.4 is 39.9 Å². The summed E-state index contributed by atoms with van der Waals surface area (Å²) in [5.41, 5.74) is 0.386. The van der Waals surface area contributed by atoms with E-state index in [1.165, 1.54) is 0 Å². The Morgan fingerprint density at radius 2 is 1.36 bits per heavy atom. The molecule has 33 heavy (non-hydrogen) atoms. The van der Waals surface area contributed by atoms with Crippen molar-refractivity contribution in [2.24, 2.45) is 0 Å². The van der Waals surface area contributed by atoms with Gasteiger partial charge in [0.15, 0.2) is 7.26 Å². The molecule has 0 saturated carbocycles. The van der Waals surface area contributed by atoms with Gasteiger partial charge < -0.3 is 28.7 Å².